The highest BCUT2D eigenvalue weighted by atomic mass is 19.1. The molecule has 1 fully saturated rings. The smallest absolute Gasteiger partial charge is 0.222 e. The van der Waals surface area contributed by atoms with Gasteiger partial charge in [0.1, 0.15) is 0 Å². The van der Waals surface area contributed by atoms with E-state index in [1.54, 1.807) is 18.2 Å². The molecule has 1 aromatic rings. The van der Waals surface area contributed by atoms with Crippen molar-refractivity contribution in [3.8, 4) is 5.75 Å². The quantitative estimate of drug-likeness (QED) is 0.836. The highest BCUT2D eigenvalue weighted by Crippen LogP contribution is 2.15. The number of nitrogens with one attached hydrogen (secondary N) is 1. The summed E-state index contributed by atoms with van der Waals surface area (Å²) in [6, 6.07) is 6.66. The molecular formula is C15H21FN2O2. The molecule has 110 valence electrons. The summed E-state index contributed by atoms with van der Waals surface area (Å²) in [5.41, 5.74) is 0. The molecule has 1 aromatic carbocycles. The van der Waals surface area contributed by atoms with E-state index in [0.29, 0.717) is 25.5 Å². The van der Waals surface area contributed by atoms with Gasteiger partial charge < -0.3 is 15.0 Å². The van der Waals surface area contributed by atoms with Gasteiger partial charge in [-0.2, -0.15) is 0 Å². The molecule has 20 heavy (non-hydrogen) atoms. The SMILES string of the molecule is C[C@@H]1CN(C(=O)CCCOc2ccccc2F)CCN1. The lowest BCUT2D eigenvalue weighted by atomic mass is 10.2. The van der Waals surface area contributed by atoms with Crippen molar-refractivity contribution in [2.75, 3.05) is 26.2 Å². The number of amides is 1. The van der Waals surface area contributed by atoms with Crippen LogP contribution in [0.2, 0.25) is 0 Å². The highest BCUT2D eigenvalue weighted by Gasteiger charge is 2.19. The summed E-state index contributed by atoms with van der Waals surface area (Å²) >= 11 is 0. The minimum absolute atomic E-state index is 0.149. The van der Waals surface area contributed by atoms with Crippen LogP contribution in [-0.4, -0.2) is 43.1 Å². The summed E-state index contributed by atoms with van der Waals surface area (Å²) in [5.74, 6) is 0.0287. The lowest BCUT2D eigenvalue weighted by Crippen LogP contribution is -2.51. The first-order valence-electron chi connectivity index (χ1n) is 7.05. The summed E-state index contributed by atoms with van der Waals surface area (Å²) < 4.78 is 18.6. The third-order valence-electron chi connectivity index (χ3n) is 3.35. The number of ether oxygens (including phenoxy) is 1. The van der Waals surface area contributed by atoms with Crippen LogP contribution in [0.15, 0.2) is 24.3 Å². The summed E-state index contributed by atoms with van der Waals surface area (Å²) in [4.78, 5) is 13.9. The molecule has 2 rings (SSSR count). The van der Waals surface area contributed by atoms with Gasteiger partial charge in [0.2, 0.25) is 5.91 Å². The van der Waals surface area contributed by atoms with E-state index in [2.05, 4.69) is 12.2 Å². The van der Waals surface area contributed by atoms with Crippen LogP contribution in [0.4, 0.5) is 4.39 Å². The molecule has 4 nitrogen and oxygen atoms in total. The van der Waals surface area contributed by atoms with Gasteiger partial charge in [0.15, 0.2) is 11.6 Å². The van der Waals surface area contributed by atoms with Crippen LogP contribution in [0.1, 0.15) is 19.8 Å². The maximum absolute atomic E-state index is 13.3. The predicted molar refractivity (Wildman–Crippen MR) is 75.2 cm³/mol. The first-order valence-corrected chi connectivity index (χ1v) is 7.05. The third kappa shape index (κ3) is 4.20. The number of benzene rings is 1. The number of para-hydroxylation sites is 1. The van der Waals surface area contributed by atoms with Crippen LogP contribution in [0.5, 0.6) is 5.75 Å². The van der Waals surface area contributed by atoms with Crippen LogP contribution in [-0.2, 0) is 4.79 Å². The van der Waals surface area contributed by atoms with Gasteiger partial charge in [-0.25, -0.2) is 4.39 Å². The van der Waals surface area contributed by atoms with Crippen molar-refractivity contribution >= 4 is 5.91 Å². The molecule has 5 heteroatoms. The number of hydrogen-bond acceptors (Lipinski definition) is 3. The Labute approximate surface area is 118 Å². The van der Waals surface area contributed by atoms with Crippen molar-refractivity contribution in [1.29, 1.82) is 0 Å². The second-order valence-electron chi connectivity index (χ2n) is 5.08. The normalized spacial score (nSPS) is 18.9. The van der Waals surface area contributed by atoms with E-state index < -0.39 is 0 Å². The lowest BCUT2D eigenvalue weighted by molar-refractivity contribution is -0.132. The maximum Gasteiger partial charge on any atom is 0.222 e. The number of nitrogens with zero attached hydrogens (tertiary/aromatic N) is 1. The molecule has 1 N–H and O–H groups in total. The summed E-state index contributed by atoms with van der Waals surface area (Å²) in [5, 5.41) is 3.30. The Bertz CT molecular complexity index is 453. The van der Waals surface area contributed by atoms with E-state index in [4.69, 9.17) is 4.74 Å². The van der Waals surface area contributed by atoms with Crippen LogP contribution in [0.25, 0.3) is 0 Å². The van der Waals surface area contributed by atoms with Crippen molar-refractivity contribution in [3.05, 3.63) is 30.1 Å². The average Bonchev–Trinajstić information content (AvgIpc) is 2.45. The fourth-order valence-electron chi connectivity index (χ4n) is 2.28. The van der Waals surface area contributed by atoms with Gasteiger partial charge in [-0.1, -0.05) is 12.1 Å². The molecule has 1 amide bonds. The van der Waals surface area contributed by atoms with Gasteiger partial charge in [0, 0.05) is 32.1 Å². The molecule has 0 radical (unpaired) electrons. The minimum atomic E-state index is -0.366. The van der Waals surface area contributed by atoms with E-state index in [0.717, 1.165) is 19.6 Å². The highest BCUT2D eigenvalue weighted by molar-refractivity contribution is 5.76. The van der Waals surface area contributed by atoms with Crippen LogP contribution < -0.4 is 10.1 Å². The Balaban J connectivity index is 1.68. The van der Waals surface area contributed by atoms with Crippen molar-refractivity contribution in [1.82, 2.24) is 10.2 Å². The fraction of sp³-hybridized carbons (Fsp3) is 0.533. The van der Waals surface area contributed by atoms with Crippen molar-refractivity contribution < 1.29 is 13.9 Å². The number of carbonyl (C=O) groups excluding carboxylic acids is 1. The molecule has 1 aliphatic heterocycles. The van der Waals surface area contributed by atoms with Gasteiger partial charge in [-0.05, 0) is 25.5 Å². The van der Waals surface area contributed by atoms with Crippen molar-refractivity contribution in [2.45, 2.75) is 25.8 Å². The monoisotopic (exact) mass is 280 g/mol. The molecule has 0 saturated carbocycles. The van der Waals surface area contributed by atoms with Crippen LogP contribution >= 0.6 is 0 Å². The number of hydrogen-bond donors (Lipinski definition) is 1. The first kappa shape index (κ1) is 14.8. The first-order chi connectivity index (χ1) is 9.66. The molecule has 0 bridgehead atoms. The van der Waals surface area contributed by atoms with Gasteiger partial charge in [-0.15, -0.1) is 0 Å². The third-order valence-corrected chi connectivity index (χ3v) is 3.35. The predicted octanol–water partition coefficient (Wildman–Crippen LogP) is 1.80. The summed E-state index contributed by atoms with van der Waals surface area (Å²) in [7, 11) is 0. The second kappa shape index (κ2) is 7.24. The largest absolute Gasteiger partial charge is 0.491 e. The number of halogens is 1. The fourth-order valence-corrected chi connectivity index (χ4v) is 2.28. The Morgan fingerprint density at radius 2 is 2.30 bits per heavy atom. The topological polar surface area (TPSA) is 41.6 Å². The van der Waals surface area contributed by atoms with Gasteiger partial charge in [-0.3, -0.25) is 4.79 Å². The molecule has 1 saturated heterocycles. The van der Waals surface area contributed by atoms with Crippen LogP contribution in [0, 0.1) is 5.82 Å². The molecular weight excluding hydrogens is 259 g/mol. The Hall–Kier alpha value is -1.62. The molecule has 1 atom stereocenters. The minimum Gasteiger partial charge on any atom is -0.491 e. The lowest BCUT2D eigenvalue weighted by Gasteiger charge is -2.32. The van der Waals surface area contributed by atoms with E-state index in [1.807, 2.05) is 4.90 Å². The second-order valence-corrected chi connectivity index (χ2v) is 5.08. The van der Waals surface area contributed by atoms with Gasteiger partial charge >= 0.3 is 0 Å². The van der Waals surface area contributed by atoms with E-state index >= 15 is 0 Å². The Kier molecular flexibility index (Phi) is 5.35. The van der Waals surface area contributed by atoms with Gasteiger partial charge in [0.25, 0.3) is 0 Å². The standard InChI is InChI=1S/C15H21FN2O2/c1-12-11-18(9-8-17-12)15(19)7-4-10-20-14-6-3-2-5-13(14)16/h2-3,5-6,12,17H,4,7-11H2,1H3/t12-/m1/s1. The van der Waals surface area contributed by atoms with Crippen molar-refractivity contribution in [3.63, 3.8) is 0 Å². The average molecular weight is 280 g/mol. The molecule has 1 heterocycles. The maximum atomic E-state index is 13.3. The summed E-state index contributed by atoms with van der Waals surface area (Å²) in [6.07, 6.45) is 1.05. The zero-order valence-electron chi connectivity index (χ0n) is 11.8. The summed E-state index contributed by atoms with van der Waals surface area (Å²) in [6.45, 7) is 4.79. The number of piperazine rings is 1. The molecule has 1 aliphatic rings. The zero-order valence-corrected chi connectivity index (χ0v) is 11.8. The van der Waals surface area contributed by atoms with Crippen LogP contribution in [0.3, 0.4) is 0 Å². The Morgan fingerprint density at radius 3 is 3.05 bits per heavy atom. The molecule has 0 aromatic heterocycles. The van der Waals surface area contributed by atoms with Gasteiger partial charge in [0.05, 0.1) is 6.61 Å². The van der Waals surface area contributed by atoms with E-state index in [-0.39, 0.29) is 17.5 Å². The molecule has 0 aliphatic carbocycles. The molecule has 0 spiro atoms. The van der Waals surface area contributed by atoms with E-state index in [1.165, 1.54) is 6.07 Å². The zero-order chi connectivity index (χ0) is 14.4. The number of rotatable bonds is 5. The van der Waals surface area contributed by atoms with E-state index in [9.17, 15) is 9.18 Å². The number of carbonyl (C=O) groups is 1. The molecule has 0 unspecified atom stereocenters. The Morgan fingerprint density at radius 1 is 1.50 bits per heavy atom. The van der Waals surface area contributed by atoms with Crippen molar-refractivity contribution in [2.24, 2.45) is 0 Å².